The van der Waals surface area contributed by atoms with E-state index in [4.69, 9.17) is 16.3 Å². The van der Waals surface area contributed by atoms with Crippen LogP contribution in [0.4, 0.5) is 4.39 Å². The van der Waals surface area contributed by atoms with Crippen LogP contribution in [0.1, 0.15) is 31.2 Å². The molecular weight excluding hydrogens is 343 g/mol. The molecule has 0 radical (unpaired) electrons. The van der Waals surface area contributed by atoms with E-state index in [2.05, 4.69) is 6.07 Å². The Hall–Kier alpha value is -1.64. The molecule has 3 rings (SSSR count). The van der Waals surface area contributed by atoms with Gasteiger partial charge in [-0.1, -0.05) is 23.7 Å². The molecule has 0 N–H and O–H groups in total. The largest absolute Gasteiger partial charge is 0.381 e. The van der Waals surface area contributed by atoms with Gasteiger partial charge in [-0.2, -0.15) is 5.26 Å². The van der Waals surface area contributed by atoms with Crippen LogP contribution in [0.15, 0.2) is 24.3 Å². The predicted octanol–water partition coefficient (Wildman–Crippen LogP) is 3.53. The molecular formula is C19H22ClFN2O2. The molecule has 25 heavy (non-hydrogen) atoms. The SMILES string of the molecule is N#CC1(C(=O)N2CCC(F)(Cc3ccc(Cl)cc3)CC2)CCOCC1. The van der Waals surface area contributed by atoms with Gasteiger partial charge >= 0.3 is 0 Å². The quantitative estimate of drug-likeness (QED) is 0.824. The number of likely N-dealkylation sites (tertiary alicyclic amines) is 1. The fourth-order valence-electron chi connectivity index (χ4n) is 3.65. The number of hydrogen-bond acceptors (Lipinski definition) is 3. The third-order valence-corrected chi connectivity index (χ3v) is 5.60. The average molecular weight is 365 g/mol. The van der Waals surface area contributed by atoms with Gasteiger partial charge < -0.3 is 9.64 Å². The van der Waals surface area contributed by atoms with Crippen molar-refractivity contribution in [2.24, 2.45) is 5.41 Å². The van der Waals surface area contributed by atoms with Crippen molar-refractivity contribution in [3.8, 4) is 6.07 Å². The Balaban J connectivity index is 1.61. The number of nitriles is 1. The second-order valence-electron chi connectivity index (χ2n) is 7.05. The van der Waals surface area contributed by atoms with Crippen LogP contribution in [-0.4, -0.2) is 42.8 Å². The lowest BCUT2D eigenvalue weighted by atomic mass is 9.79. The van der Waals surface area contributed by atoms with E-state index in [0.29, 0.717) is 63.4 Å². The maximum absolute atomic E-state index is 15.2. The minimum atomic E-state index is -1.32. The van der Waals surface area contributed by atoms with Crippen LogP contribution in [0.25, 0.3) is 0 Å². The second-order valence-corrected chi connectivity index (χ2v) is 7.49. The zero-order valence-corrected chi connectivity index (χ0v) is 14.9. The fourth-order valence-corrected chi connectivity index (χ4v) is 3.78. The third-order valence-electron chi connectivity index (χ3n) is 5.35. The topological polar surface area (TPSA) is 53.3 Å². The van der Waals surface area contributed by atoms with E-state index in [1.807, 2.05) is 12.1 Å². The van der Waals surface area contributed by atoms with Gasteiger partial charge in [-0.15, -0.1) is 0 Å². The fraction of sp³-hybridized carbons (Fsp3) is 0.579. The van der Waals surface area contributed by atoms with Crippen molar-refractivity contribution in [3.63, 3.8) is 0 Å². The number of ether oxygens (including phenoxy) is 1. The van der Waals surface area contributed by atoms with Crippen molar-refractivity contribution in [1.82, 2.24) is 4.90 Å². The Morgan fingerprint density at radius 1 is 1.20 bits per heavy atom. The molecule has 0 bridgehead atoms. The highest BCUT2D eigenvalue weighted by Gasteiger charge is 2.45. The Bertz CT molecular complexity index is 657. The molecule has 2 fully saturated rings. The lowest BCUT2D eigenvalue weighted by molar-refractivity contribution is -0.146. The van der Waals surface area contributed by atoms with Crippen LogP contribution >= 0.6 is 11.6 Å². The van der Waals surface area contributed by atoms with Crippen molar-refractivity contribution < 1.29 is 13.9 Å². The van der Waals surface area contributed by atoms with Gasteiger partial charge in [0.25, 0.3) is 0 Å². The maximum Gasteiger partial charge on any atom is 0.243 e. The van der Waals surface area contributed by atoms with Crippen LogP contribution in [0.5, 0.6) is 0 Å². The minimum absolute atomic E-state index is 0.160. The smallest absolute Gasteiger partial charge is 0.243 e. The standard InChI is InChI=1S/C19H22ClFN2O2/c20-16-3-1-15(2-4-16)13-19(21)5-9-23(10-6-19)17(24)18(14-22)7-11-25-12-8-18/h1-4H,5-13H2. The number of hydrogen-bond donors (Lipinski definition) is 0. The van der Waals surface area contributed by atoms with E-state index in [-0.39, 0.29) is 5.91 Å². The number of nitrogens with zero attached hydrogens (tertiary/aromatic N) is 2. The van der Waals surface area contributed by atoms with E-state index < -0.39 is 11.1 Å². The van der Waals surface area contributed by atoms with Crippen LogP contribution in [0, 0.1) is 16.7 Å². The summed E-state index contributed by atoms with van der Waals surface area (Å²) in [6.45, 7) is 1.56. The van der Waals surface area contributed by atoms with E-state index in [1.54, 1.807) is 17.0 Å². The summed E-state index contributed by atoms with van der Waals surface area (Å²) < 4.78 is 20.4. The van der Waals surface area contributed by atoms with Gasteiger partial charge in [-0.05, 0) is 43.4 Å². The molecule has 134 valence electrons. The van der Waals surface area contributed by atoms with Gasteiger partial charge in [-0.25, -0.2) is 4.39 Å². The summed E-state index contributed by atoms with van der Waals surface area (Å²) >= 11 is 5.87. The summed E-state index contributed by atoms with van der Waals surface area (Å²) in [6.07, 6.45) is 1.75. The van der Waals surface area contributed by atoms with Crippen molar-refractivity contribution in [1.29, 1.82) is 5.26 Å². The monoisotopic (exact) mass is 364 g/mol. The first-order chi connectivity index (χ1) is 12.0. The summed E-state index contributed by atoms with van der Waals surface area (Å²) in [5, 5.41) is 10.2. The summed E-state index contributed by atoms with van der Waals surface area (Å²) in [7, 11) is 0. The van der Waals surface area contributed by atoms with Gasteiger partial charge in [0.2, 0.25) is 5.91 Å². The summed E-state index contributed by atoms with van der Waals surface area (Å²) in [5.41, 5.74) is -1.41. The number of rotatable bonds is 3. The minimum Gasteiger partial charge on any atom is -0.381 e. The number of benzene rings is 1. The normalized spacial score (nSPS) is 22.2. The summed E-state index contributed by atoms with van der Waals surface area (Å²) in [5.74, 6) is -0.160. The number of halogens is 2. The first-order valence-corrected chi connectivity index (χ1v) is 9.06. The van der Waals surface area contributed by atoms with Crippen LogP contribution in [0.3, 0.4) is 0 Å². The van der Waals surface area contributed by atoms with Crippen LogP contribution in [0.2, 0.25) is 5.02 Å². The van der Waals surface area contributed by atoms with Crippen LogP contribution in [-0.2, 0) is 16.0 Å². The molecule has 0 spiro atoms. The molecule has 1 amide bonds. The number of alkyl halides is 1. The lowest BCUT2D eigenvalue weighted by Gasteiger charge is -2.40. The molecule has 1 aromatic carbocycles. The number of carbonyl (C=O) groups excluding carboxylic acids is 1. The highest BCUT2D eigenvalue weighted by Crippen LogP contribution is 2.36. The van der Waals surface area contributed by atoms with E-state index in [0.717, 1.165) is 5.56 Å². The Morgan fingerprint density at radius 2 is 1.80 bits per heavy atom. The first-order valence-electron chi connectivity index (χ1n) is 8.68. The lowest BCUT2D eigenvalue weighted by Crippen LogP contribution is -2.51. The zero-order chi connectivity index (χ0) is 17.9. The highest BCUT2D eigenvalue weighted by molar-refractivity contribution is 6.30. The molecule has 0 aromatic heterocycles. The van der Waals surface area contributed by atoms with Gasteiger partial charge in [0.15, 0.2) is 0 Å². The molecule has 0 saturated carbocycles. The molecule has 2 heterocycles. The Labute approximate surface area is 152 Å². The number of amides is 1. The van der Waals surface area contributed by atoms with Gasteiger partial charge in [0.05, 0.1) is 6.07 Å². The molecule has 2 aliphatic heterocycles. The predicted molar refractivity (Wildman–Crippen MR) is 92.9 cm³/mol. The Morgan fingerprint density at radius 3 is 2.36 bits per heavy atom. The average Bonchev–Trinajstić information content (AvgIpc) is 2.64. The highest BCUT2D eigenvalue weighted by atomic mass is 35.5. The molecule has 4 nitrogen and oxygen atoms in total. The van der Waals surface area contributed by atoms with E-state index in [9.17, 15) is 10.1 Å². The third kappa shape index (κ3) is 3.96. The molecule has 6 heteroatoms. The van der Waals surface area contributed by atoms with E-state index >= 15 is 4.39 Å². The van der Waals surface area contributed by atoms with Crippen molar-refractivity contribution in [2.75, 3.05) is 26.3 Å². The molecule has 0 aliphatic carbocycles. The van der Waals surface area contributed by atoms with Gasteiger partial charge in [-0.3, -0.25) is 4.79 Å². The molecule has 2 aliphatic rings. The molecule has 0 atom stereocenters. The summed E-state index contributed by atoms with van der Waals surface area (Å²) in [6, 6.07) is 9.41. The van der Waals surface area contributed by atoms with Crippen LogP contribution < -0.4 is 0 Å². The van der Waals surface area contributed by atoms with E-state index in [1.165, 1.54) is 0 Å². The zero-order valence-electron chi connectivity index (χ0n) is 14.1. The Kier molecular flexibility index (Phi) is 5.31. The number of piperidine rings is 1. The van der Waals surface area contributed by atoms with Crippen molar-refractivity contribution in [3.05, 3.63) is 34.9 Å². The maximum atomic E-state index is 15.2. The van der Waals surface area contributed by atoms with Crippen molar-refractivity contribution in [2.45, 2.75) is 37.8 Å². The van der Waals surface area contributed by atoms with Gasteiger partial charge in [0, 0.05) is 37.7 Å². The summed E-state index contributed by atoms with van der Waals surface area (Å²) in [4.78, 5) is 14.5. The molecule has 2 saturated heterocycles. The van der Waals surface area contributed by atoms with Crippen molar-refractivity contribution >= 4 is 17.5 Å². The number of carbonyl (C=O) groups is 1. The first kappa shape index (κ1) is 18.2. The molecule has 0 unspecified atom stereocenters. The van der Waals surface area contributed by atoms with Gasteiger partial charge in [0.1, 0.15) is 11.1 Å². The second kappa shape index (κ2) is 7.31. The molecule has 1 aromatic rings.